The maximum Gasteiger partial charge on any atom is 0.0307 e. The quantitative estimate of drug-likeness (QED) is 0.658. The van der Waals surface area contributed by atoms with Crippen LogP contribution in [0.25, 0.3) is 0 Å². The third kappa shape index (κ3) is 3.35. The molecule has 1 aromatic heterocycles. The first-order valence-electron chi connectivity index (χ1n) is 4.62. The summed E-state index contributed by atoms with van der Waals surface area (Å²) in [7, 11) is 0. The number of nitrogens with two attached hydrogens (primary N) is 1. The van der Waals surface area contributed by atoms with Crippen LogP contribution in [-0.2, 0) is 6.42 Å². The molecule has 1 unspecified atom stereocenters. The minimum Gasteiger partial charge on any atom is -0.271 e. The van der Waals surface area contributed by atoms with Crippen LogP contribution >= 0.6 is 27.3 Å². The van der Waals surface area contributed by atoms with Crippen LogP contribution in [0.15, 0.2) is 15.9 Å². The first kappa shape index (κ1) is 12.2. The molecule has 4 heteroatoms. The number of hydrogen-bond donors (Lipinski definition) is 2. The van der Waals surface area contributed by atoms with E-state index in [1.54, 1.807) is 11.3 Å². The van der Waals surface area contributed by atoms with Crippen LogP contribution < -0.4 is 11.3 Å². The molecule has 1 atom stereocenters. The number of rotatable bonds is 3. The molecule has 0 bridgehead atoms. The van der Waals surface area contributed by atoms with Crippen LogP contribution in [0.1, 0.15) is 25.6 Å². The van der Waals surface area contributed by atoms with Gasteiger partial charge in [0.15, 0.2) is 0 Å². The third-order valence-corrected chi connectivity index (χ3v) is 3.99. The van der Waals surface area contributed by atoms with E-state index in [1.165, 1.54) is 4.88 Å². The molecule has 0 radical (unpaired) electrons. The van der Waals surface area contributed by atoms with E-state index in [1.807, 2.05) is 0 Å². The summed E-state index contributed by atoms with van der Waals surface area (Å²) in [6, 6.07) is 2.47. The van der Waals surface area contributed by atoms with Gasteiger partial charge in [-0.25, -0.2) is 0 Å². The topological polar surface area (TPSA) is 38.0 Å². The lowest BCUT2D eigenvalue weighted by Gasteiger charge is -2.29. The van der Waals surface area contributed by atoms with E-state index in [-0.39, 0.29) is 5.41 Å². The standard InChI is InChI=1S/C10H17BrN2S/c1-10(2,3)9(13-12)5-8-4-7(11)6-14-8/h4,6,9,13H,5,12H2,1-3H3. The lowest BCUT2D eigenvalue weighted by molar-refractivity contribution is 0.270. The Kier molecular flexibility index (Phi) is 4.13. The maximum atomic E-state index is 5.56. The average Bonchev–Trinajstić information content (AvgIpc) is 2.45. The van der Waals surface area contributed by atoms with Crippen LogP contribution in [0, 0.1) is 5.41 Å². The van der Waals surface area contributed by atoms with Gasteiger partial charge in [0.2, 0.25) is 0 Å². The second-order valence-corrected chi connectivity index (χ2v) is 6.43. The molecule has 80 valence electrons. The van der Waals surface area contributed by atoms with Gasteiger partial charge >= 0.3 is 0 Å². The Bertz CT molecular complexity index is 291. The summed E-state index contributed by atoms with van der Waals surface area (Å²) in [4.78, 5) is 1.36. The fraction of sp³-hybridized carbons (Fsp3) is 0.600. The van der Waals surface area contributed by atoms with Crippen LogP contribution in [0.2, 0.25) is 0 Å². The molecule has 14 heavy (non-hydrogen) atoms. The van der Waals surface area contributed by atoms with Gasteiger partial charge < -0.3 is 0 Å². The molecule has 1 heterocycles. The molecule has 0 amide bonds. The molecule has 0 saturated heterocycles. The van der Waals surface area contributed by atoms with Crippen molar-refractivity contribution in [2.24, 2.45) is 11.3 Å². The fourth-order valence-electron chi connectivity index (χ4n) is 1.28. The Hall–Kier alpha value is 0.1000. The number of nitrogens with one attached hydrogen (secondary N) is 1. The van der Waals surface area contributed by atoms with Gasteiger partial charge in [0.05, 0.1) is 0 Å². The van der Waals surface area contributed by atoms with Gasteiger partial charge in [0.1, 0.15) is 0 Å². The molecular weight excluding hydrogens is 260 g/mol. The summed E-state index contributed by atoms with van der Waals surface area (Å²) >= 11 is 5.22. The summed E-state index contributed by atoms with van der Waals surface area (Å²) in [5.74, 6) is 5.56. The maximum absolute atomic E-state index is 5.56. The van der Waals surface area contributed by atoms with Crippen molar-refractivity contribution in [2.75, 3.05) is 0 Å². The van der Waals surface area contributed by atoms with E-state index in [0.29, 0.717) is 6.04 Å². The Balaban J connectivity index is 2.66. The molecule has 0 spiro atoms. The normalized spacial score (nSPS) is 14.4. The molecule has 0 saturated carbocycles. The summed E-state index contributed by atoms with van der Waals surface area (Å²) in [6.45, 7) is 6.58. The lowest BCUT2D eigenvalue weighted by atomic mass is 9.85. The molecule has 0 aromatic carbocycles. The minimum absolute atomic E-state index is 0.186. The first-order chi connectivity index (χ1) is 6.43. The fourth-order valence-corrected chi connectivity index (χ4v) is 2.78. The second-order valence-electron chi connectivity index (χ2n) is 4.52. The van der Waals surface area contributed by atoms with Crippen molar-refractivity contribution in [2.45, 2.75) is 33.2 Å². The van der Waals surface area contributed by atoms with E-state index in [4.69, 9.17) is 5.84 Å². The molecule has 0 aliphatic carbocycles. The van der Waals surface area contributed by atoms with E-state index in [2.05, 4.69) is 53.6 Å². The highest BCUT2D eigenvalue weighted by atomic mass is 79.9. The van der Waals surface area contributed by atoms with E-state index in [9.17, 15) is 0 Å². The van der Waals surface area contributed by atoms with Crippen molar-refractivity contribution in [3.05, 3.63) is 20.8 Å². The van der Waals surface area contributed by atoms with Gasteiger partial charge in [-0.1, -0.05) is 20.8 Å². The molecule has 0 aliphatic rings. The van der Waals surface area contributed by atoms with Gasteiger partial charge in [-0.3, -0.25) is 11.3 Å². The molecular formula is C10H17BrN2S. The van der Waals surface area contributed by atoms with E-state index in [0.717, 1.165) is 10.9 Å². The van der Waals surface area contributed by atoms with Gasteiger partial charge in [-0.15, -0.1) is 11.3 Å². The average molecular weight is 277 g/mol. The highest BCUT2D eigenvalue weighted by molar-refractivity contribution is 9.10. The Morgan fingerprint density at radius 2 is 2.21 bits per heavy atom. The van der Waals surface area contributed by atoms with Crippen molar-refractivity contribution in [1.82, 2.24) is 5.43 Å². The van der Waals surface area contributed by atoms with E-state index < -0.39 is 0 Å². The molecule has 3 N–H and O–H groups in total. The predicted molar refractivity (Wildman–Crippen MR) is 66.3 cm³/mol. The number of hydrogen-bond acceptors (Lipinski definition) is 3. The SMILES string of the molecule is CC(C)(C)C(Cc1cc(Br)cs1)NN. The lowest BCUT2D eigenvalue weighted by Crippen LogP contribution is -2.45. The van der Waals surface area contributed by atoms with Gasteiger partial charge in [0.25, 0.3) is 0 Å². The Morgan fingerprint density at radius 3 is 2.57 bits per heavy atom. The van der Waals surface area contributed by atoms with Crippen LogP contribution in [0.5, 0.6) is 0 Å². The highest BCUT2D eigenvalue weighted by Gasteiger charge is 2.23. The zero-order chi connectivity index (χ0) is 10.8. The zero-order valence-electron chi connectivity index (χ0n) is 8.80. The van der Waals surface area contributed by atoms with Crippen LogP contribution in [0.3, 0.4) is 0 Å². The van der Waals surface area contributed by atoms with Crippen molar-refractivity contribution in [1.29, 1.82) is 0 Å². The van der Waals surface area contributed by atoms with E-state index >= 15 is 0 Å². The molecule has 0 fully saturated rings. The van der Waals surface area contributed by atoms with Crippen LogP contribution in [-0.4, -0.2) is 6.04 Å². The monoisotopic (exact) mass is 276 g/mol. The Morgan fingerprint density at radius 1 is 1.57 bits per heavy atom. The van der Waals surface area contributed by atoms with Crippen LogP contribution in [0.4, 0.5) is 0 Å². The molecule has 1 rings (SSSR count). The largest absolute Gasteiger partial charge is 0.271 e. The molecule has 0 aliphatic heterocycles. The van der Waals surface area contributed by atoms with Gasteiger partial charge in [-0.05, 0) is 33.8 Å². The molecule has 1 aromatic rings. The highest BCUT2D eigenvalue weighted by Crippen LogP contribution is 2.26. The van der Waals surface area contributed by atoms with Crippen molar-refractivity contribution < 1.29 is 0 Å². The summed E-state index contributed by atoms with van der Waals surface area (Å²) in [5.41, 5.74) is 3.08. The first-order valence-corrected chi connectivity index (χ1v) is 6.30. The number of hydrazine groups is 1. The molecule has 2 nitrogen and oxygen atoms in total. The predicted octanol–water partition coefficient (Wildman–Crippen LogP) is 2.93. The van der Waals surface area contributed by atoms with Gasteiger partial charge in [-0.2, -0.15) is 0 Å². The van der Waals surface area contributed by atoms with Gasteiger partial charge in [0, 0.05) is 20.8 Å². The summed E-state index contributed by atoms with van der Waals surface area (Å²) < 4.78 is 1.15. The summed E-state index contributed by atoms with van der Waals surface area (Å²) in [5, 5.41) is 2.10. The Labute approximate surface area is 98.0 Å². The van der Waals surface area contributed by atoms with Crippen molar-refractivity contribution >= 4 is 27.3 Å². The third-order valence-electron chi connectivity index (χ3n) is 2.27. The number of halogens is 1. The summed E-state index contributed by atoms with van der Waals surface area (Å²) in [6.07, 6.45) is 0.982. The smallest absolute Gasteiger partial charge is 0.0307 e. The minimum atomic E-state index is 0.186. The second kappa shape index (κ2) is 4.75. The van der Waals surface area contributed by atoms with Crippen molar-refractivity contribution in [3.8, 4) is 0 Å². The van der Waals surface area contributed by atoms with Crippen molar-refractivity contribution in [3.63, 3.8) is 0 Å². The number of thiophene rings is 1. The zero-order valence-corrected chi connectivity index (χ0v) is 11.2.